The smallest absolute Gasteiger partial charge is 0.244 e. The summed E-state index contributed by atoms with van der Waals surface area (Å²) in [7, 11) is -2.29. The Kier molecular flexibility index (Phi) is 6.34. The Morgan fingerprint density at radius 3 is 2.28 bits per heavy atom. The van der Waals surface area contributed by atoms with E-state index in [1.807, 2.05) is 12.2 Å². The third kappa shape index (κ3) is 4.16. The third-order valence-corrected chi connectivity index (χ3v) is 8.19. The van der Waals surface area contributed by atoms with Gasteiger partial charge in [-0.05, 0) is 43.9 Å². The highest BCUT2D eigenvalue weighted by molar-refractivity contribution is 7.89. The standard InChI is InChI=1S/C22H27N3O6S/c1-31-19-10-9-15(32(29,30)24-11-5-2-6-12-24)13-18(19)23-20(26)14-25-21(27)16-7-3-4-8-17(16)22(25)28/h3-4,9-10,13,16-17H,2,5-8,11-12,14H2,1H3,(H,23,26)/t16-,17+. The molecule has 3 aliphatic rings. The van der Waals surface area contributed by atoms with Crippen molar-refractivity contribution in [2.75, 3.05) is 32.1 Å². The van der Waals surface area contributed by atoms with Crippen LogP contribution in [0.15, 0.2) is 35.2 Å². The number of likely N-dealkylation sites (tertiary alicyclic amines) is 1. The number of benzene rings is 1. The highest BCUT2D eigenvalue weighted by Gasteiger charge is 2.47. The fourth-order valence-electron chi connectivity index (χ4n) is 4.56. The molecule has 2 aliphatic heterocycles. The average Bonchev–Trinajstić information content (AvgIpc) is 3.04. The summed E-state index contributed by atoms with van der Waals surface area (Å²) in [6, 6.07) is 4.29. The number of amides is 3. The zero-order valence-electron chi connectivity index (χ0n) is 18.0. The SMILES string of the molecule is COc1ccc(S(=O)(=O)N2CCCCC2)cc1NC(=O)CN1C(=O)[C@H]2CC=CC[C@H]2C1=O. The van der Waals surface area contributed by atoms with Crippen LogP contribution in [-0.4, -0.2) is 62.1 Å². The van der Waals surface area contributed by atoms with Crippen molar-refractivity contribution in [3.63, 3.8) is 0 Å². The van der Waals surface area contributed by atoms with Gasteiger partial charge in [-0.3, -0.25) is 19.3 Å². The van der Waals surface area contributed by atoms with Crippen LogP contribution in [0.3, 0.4) is 0 Å². The Labute approximate surface area is 187 Å². The van der Waals surface area contributed by atoms with E-state index >= 15 is 0 Å². The van der Waals surface area contributed by atoms with E-state index in [2.05, 4.69) is 5.32 Å². The molecule has 0 unspecified atom stereocenters. The molecule has 3 amide bonds. The summed E-state index contributed by atoms with van der Waals surface area (Å²) < 4.78 is 32.7. The summed E-state index contributed by atoms with van der Waals surface area (Å²) in [6.07, 6.45) is 7.39. The number of anilines is 1. The van der Waals surface area contributed by atoms with Crippen LogP contribution in [-0.2, 0) is 24.4 Å². The van der Waals surface area contributed by atoms with Crippen LogP contribution in [0.25, 0.3) is 0 Å². The number of allylic oxidation sites excluding steroid dienone is 2. The molecule has 0 aromatic heterocycles. The van der Waals surface area contributed by atoms with Gasteiger partial charge in [-0.15, -0.1) is 0 Å². The van der Waals surface area contributed by atoms with Gasteiger partial charge in [-0.2, -0.15) is 4.31 Å². The van der Waals surface area contributed by atoms with E-state index in [0.717, 1.165) is 24.2 Å². The van der Waals surface area contributed by atoms with Gasteiger partial charge in [0.2, 0.25) is 27.7 Å². The van der Waals surface area contributed by atoms with Crippen molar-refractivity contribution in [3.05, 3.63) is 30.4 Å². The quantitative estimate of drug-likeness (QED) is 0.510. The second kappa shape index (κ2) is 9.03. The molecule has 1 aromatic carbocycles. The topological polar surface area (TPSA) is 113 Å². The van der Waals surface area contributed by atoms with Gasteiger partial charge in [-0.1, -0.05) is 18.6 Å². The molecule has 2 saturated heterocycles. The summed E-state index contributed by atoms with van der Waals surface area (Å²) in [4.78, 5) is 39.0. The second-order valence-electron chi connectivity index (χ2n) is 8.29. The summed E-state index contributed by atoms with van der Waals surface area (Å²) in [5.74, 6) is -1.81. The Bertz CT molecular complexity index is 1040. The van der Waals surface area contributed by atoms with E-state index < -0.39 is 34.3 Å². The number of nitrogens with one attached hydrogen (secondary N) is 1. The second-order valence-corrected chi connectivity index (χ2v) is 10.2. The number of carbonyl (C=O) groups excluding carboxylic acids is 3. The Morgan fingerprint density at radius 2 is 1.69 bits per heavy atom. The lowest BCUT2D eigenvalue weighted by atomic mass is 9.85. The van der Waals surface area contributed by atoms with Gasteiger partial charge < -0.3 is 10.1 Å². The molecule has 2 fully saturated rings. The number of piperidine rings is 1. The van der Waals surface area contributed by atoms with Crippen LogP contribution < -0.4 is 10.1 Å². The monoisotopic (exact) mass is 461 g/mol. The lowest BCUT2D eigenvalue weighted by Gasteiger charge is -2.26. The van der Waals surface area contributed by atoms with Gasteiger partial charge in [0.05, 0.1) is 29.5 Å². The van der Waals surface area contributed by atoms with Crippen molar-refractivity contribution in [3.8, 4) is 5.75 Å². The van der Waals surface area contributed by atoms with Crippen molar-refractivity contribution in [1.82, 2.24) is 9.21 Å². The number of nitrogens with zero attached hydrogens (tertiary/aromatic N) is 2. The molecule has 9 nitrogen and oxygen atoms in total. The van der Waals surface area contributed by atoms with Crippen LogP contribution in [0.1, 0.15) is 32.1 Å². The first-order valence-electron chi connectivity index (χ1n) is 10.8. The summed E-state index contributed by atoms with van der Waals surface area (Å²) >= 11 is 0. The van der Waals surface area contributed by atoms with Crippen LogP contribution >= 0.6 is 0 Å². The van der Waals surface area contributed by atoms with E-state index in [1.54, 1.807) is 0 Å². The van der Waals surface area contributed by atoms with Gasteiger partial charge in [0, 0.05) is 13.1 Å². The van der Waals surface area contributed by atoms with Gasteiger partial charge in [0.15, 0.2) is 0 Å². The number of rotatable bonds is 6. The van der Waals surface area contributed by atoms with Crippen molar-refractivity contribution in [1.29, 1.82) is 0 Å². The summed E-state index contributed by atoms with van der Waals surface area (Å²) in [5, 5.41) is 2.62. The highest BCUT2D eigenvalue weighted by atomic mass is 32.2. The van der Waals surface area contributed by atoms with Gasteiger partial charge in [0.25, 0.3) is 0 Å². The number of imide groups is 1. The normalized spacial score (nSPS) is 23.8. The third-order valence-electron chi connectivity index (χ3n) is 6.30. The highest BCUT2D eigenvalue weighted by Crippen LogP contribution is 2.35. The molecule has 0 saturated carbocycles. The van der Waals surface area contributed by atoms with E-state index in [1.165, 1.54) is 29.6 Å². The minimum absolute atomic E-state index is 0.0564. The zero-order chi connectivity index (χ0) is 22.9. The van der Waals surface area contributed by atoms with E-state index in [0.29, 0.717) is 25.9 Å². The van der Waals surface area contributed by atoms with Crippen molar-refractivity contribution >= 4 is 33.4 Å². The molecule has 1 N–H and O–H groups in total. The van der Waals surface area contributed by atoms with Crippen LogP contribution in [0.4, 0.5) is 5.69 Å². The van der Waals surface area contributed by atoms with Crippen molar-refractivity contribution in [2.45, 2.75) is 37.0 Å². The predicted molar refractivity (Wildman–Crippen MR) is 116 cm³/mol. The van der Waals surface area contributed by atoms with Crippen molar-refractivity contribution in [2.24, 2.45) is 11.8 Å². The first-order valence-corrected chi connectivity index (χ1v) is 12.2. The molecular formula is C22H27N3O6S. The molecule has 10 heteroatoms. The molecule has 4 rings (SSSR count). The first-order chi connectivity index (χ1) is 15.3. The Hall–Kier alpha value is -2.72. The molecule has 1 aliphatic carbocycles. The number of hydrogen-bond donors (Lipinski definition) is 1. The largest absolute Gasteiger partial charge is 0.495 e. The zero-order valence-corrected chi connectivity index (χ0v) is 18.8. The fourth-order valence-corrected chi connectivity index (χ4v) is 6.10. The molecule has 0 radical (unpaired) electrons. The maximum Gasteiger partial charge on any atom is 0.244 e. The van der Waals surface area contributed by atoms with Crippen LogP contribution in [0.2, 0.25) is 0 Å². The maximum atomic E-state index is 13.0. The van der Waals surface area contributed by atoms with E-state index in [-0.39, 0.29) is 28.1 Å². The minimum Gasteiger partial charge on any atom is -0.495 e. The molecule has 2 atom stereocenters. The van der Waals surface area contributed by atoms with E-state index in [4.69, 9.17) is 4.74 Å². The summed E-state index contributed by atoms with van der Waals surface area (Å²) in [6.45, 7) is 0.510. The van der Waals surface area contributed by atoms with Crippen molar-refractivity contribution < 1.29 is 27.5 Å². The number of methoxy groups -OCH3 is 1. The molecule has 2 heterocycles. The molecule has 32 heavy (non-hydrogen) atoms. The number of carbonyl (C=O) groups is 3. The molecular weight excluding hydrogens is 434 g/mol. The lowest BCUT2D eigenvalue weighted by molar-refractivity contribution is -0.142. The molecule has 1 aromatic rings. The minimum atomic E-state index is -3.70. The van der Waals surface area contributed by atoms with Gasteiger partial charge in [-0.25, -0.2) is 8.42 Å². The maximum absolute atomic E-state index is 13.0. The number of hydrogen-bond acceptors (Lipinski definition) is 6. The lowest BCUT2D eigenvalue weighted by Crippen LogP contribution is -2.38. The summed E-state index contributed by atoms with van der Waals surface area (Å²) in [5.41, 5.74) is 0.175. The average molecular weight is 462 g/mol. The van der Waals surface area contributed by atoms with E-state index in [9.17, 15) is 22.8 Å². The van der Waals surface area contributed by atoms with Crippen LogP contribution in [0, 0.1) is 11.8 Å². The van der Waals surface area contributed by atoms with Crippen LogP contribution in [0.5, 0.6) is 5.75 Å². The molecule has 0 bridgehead atoms. The van der Waals surface area contributed by atoms with Gasteiger partial charge in [0.1, 0.15) is 12.3 Å². The number of ether oxygens (including phenoxy) is 1. The first kappa shape index (κ1) is 22.5. The Balaban J connectivity index is 1.51. The predicted octanol–water partition coefficient (Wildman–Crippen LogP) is 1.76. The van der Waals surface area contributed by atoms with Gasteiger partial charge >= 0.3 is 0 Å². The number of sulfonamides is 1. The number of fused-ring (bicyclic) bond motifs is 1. The molecule has 172 valence electrons. The molecule has 0 spiro atoms. The fraction of sp³-hybridized carbons (Fsp3) is 0.500. The Morgan fingerprint density at radius 1 is 1.06 bits per heavy atom.